The lowest BCUT2D eigenvalue weighted by atomic mass is 10.0. The number of benzene rings is 1. The number of nitrogens with one attached hydrogen (secondary N) is 1. The molecule has 3 nitrogen and oxygen atoms in total. The van der Waals surface area contributed by atoms with Gasteiger partial charge in [0.15, 0.2) is 0 Å². The van der Waals surface area contributed by atoms with Crippen LogP contribution in [0.5, 0.6) is 0 Å². The average Bonchev–Trinajstić information content (AvgIpc) is 2.61. The first-order valence-corrected chi connectivity index (χ1v) is 7.51. The van der Waals surface area contributed by atoms with E-state index in [9.17, 15) is 0 Å². The van der Waals surface area contributed by atoms with Crippen molar-refractivity contribution in [3.63, 3.8) is 0 Å². The Labute approximate surface area is 116 Å². The van der Waals surface area contributed by atoms with Gasteiger partial charge in [-0.15, -0.1) is 0 Å². The van der Waals surface area contributed by atoms with Gasteiger partial charge in [-0.1, -0.05) is 6.07 Å². The molecule has 19 heavy (non-hydrogen) atoms. The van der Waals surface area contributed by atoms with Gasteiger partial charge in [0.1, 0.15) is 0 Å². The van der Waals surface area contributed by atoms with E-state index in [4.69, 9.17) is 0 Å². The molecule has 3 rings (SSSR count). The first-order valence-electron chi connectivity index (χ1n) is 7.51. The summed E-state index contributed by atoms with van der Waals surface area (Å²) in [4.78, 5) is 5.17. The fourth-order valence-corrected chi connectivity index (χ4v) is 3.05. The van der Waals surface area contributed by atoms with E-state index in [1.807, 2.05) is 0 Å². The lowest BCUT2D eigenvalue weighted by Gasteiger charge is -2.46. The summed E-state index contributed by atoms with van der Waals surface area (Å²) in [5.74, 6) is 0. The molecular formula is C16H25N3. The zero-order valence-electron chi connectivity index (χ0n) is 12.2. The monoisotopic (exact) mass is 259 g/mol. The fraction of sp³-hybridized carbons (Fsp3) is 0.625. The molecule has 0 unspecified atom stereocenters. The summed E-state index contributed by atoms with van der Waals surface area (Å²) >= 11 is 0. The minimum absolute atomic E-state index is 0.765. The Morgan fingerprint density at radius 3 is 2.68 bits per heavy atom. The SMILES string of the molecule is Cc1ccc(N2CC(N3CCCNCC3)C2)cc1C. The highest BCUT2D eigenvalue weighted by Gasteiger charge is 2.31. The second kappa shape index (κ2) is 5.51. The molecule has 2 aliphatic rings. The van der Waals surface area contributed by atoms with Crippen molar-refractivity contribution in [3.8, 4) is 0 Å². The highest BCUT2D eigenvalue weighted by atomic mass is 15.3. The maximum absolute atomic E-state index is 3.48. The molecule has 1 N–H and O–H groups in total. The molecular weight excluding hydrogens is 234 g/mol. The van der Waals surface area contributed by atoms with Crippen LogP contribution in [0, 0.1) is 13.8 Å². The van der Waals surface area contributed by atoms with Gasteiger partial charge in [-0.3, -0.25) is 4.90 Å². The summed E-state index contributed by atoms with van der Waals surface area (Å²) in [5, 5.41) is 3.48. The third kappa shape index (κ3) is 2.77. The predicted octanol–water partition coefficient (Wildman–Crippen LogP) is 1.79. The molecule has 2 aliphatic heterocycles. The quantitative estimate of drug-likeness (QED) is 0.873. The van der Waals surface area contributed by atoms with Crippen LogP contribution in [0.4, 0.5) is 5.69 Å². The van der Waals surface area contributed by atoms with E-state index in [2.05, 4.69) is 47.2 Å². The zero-order chi connectivity index (χ0) is 13.2. The Kier molecular flexibility index (Phi) is 3.76. The number of hydrogen-bond acceptors (Lipinski definition) is 3. The van der Waals surface area contributed by atoms with E-state index >= 15 is 0 Å². The third-order valence-corrected chi connectivity index (χ3v) is 4.61. The molecule has 1 aromatic rings. The summed E-state index contributed by atoms with van der Waals surface area (Å²) < 4.78 is 0. The normalized spacial score (nSPS) is 22.1. The molecule has 2 saturated heterocycles. The third-order valence-electron chi connectivity index (χ3n) is 4.61. The molecule has 104 valence electrons. The van der Waals surface area contributed by atoms with Crippen molar-refractivity contribution < 1.29 is 0 Å². The summed E-state index contributed by atoms with van der Waals surface area (Å²) in [6, 6.07) is 7.60. The molecule has 0 bridgehead atoms. The molecule has 0 aromatic heterocycles. The van der Waals surface area contributed by atoms with E-state index in [0.717, 1.165) is 12.6 Å². The molecule has 1 aromatic carbocycles. The van der Waals surface area contributed by atoms with Crippen LogP contribution in [0.25, 0.3) is 0 Å². The van der Waals surface area contributed by atoms with Gasteiger partial charge in [0.25, 0.3) is 0 Å². The Balaban J connectivity index is 1.58. The van der Waals surface area contributed by atoms with Crippen molar-refractivity contribution in [2.75, 3.05) is 44.2 Å². The minimum Gasteiger partial charge on any atom is -0.368 e. The standard InChI is InChI=1S/C16H25N3/c1-13-4-5-15(10-14(13)2)19-11-16(12-19)18-8-3-6-17-7-9-18/h4-5,10,16-17H,3,6-9,11-12H2,1-2H3. The molecule has 3 heteroatoms. The van der Waals surface area contributed by atoms with Gasteiger partial charge >= 0.3 is 0 Å². The van der Waals surface area contributed by atoms with Crippen molar-refractivity contribution in [2.45, 2.75) is 26.3 Å². The second-order valence-corrected chi connectivity index (χ2v) is 5.97. The first-order chi connectivity index (χ1) is 9.24. The van der Waals surface area contributed by atoms with E-state index in [1.54, 1.807) is 0 Å². The van der Waals surface area contributed by atoms with Gasteiger partial charge in [-0.25, -0.2) is 0 Å². The molecule has 2 fully saturated rings. The average molecular weight is 259 g/mol. The predicted molar refractivity (Wildman–Crippen MR) is 81.0 cm³/mol. The summed E-state index contributed by atoms with van der Waals surface area (Å²) in [5.41, 5.74) is 4.19. The lowest BCUT2D eigenvalue weighted by Crippen LogP contribution is -2.60. The van der Waals surface area contributed by atoms with Crippen molar-refractivity contribution >= 4 is 5.69 Å². The topological polar surface area (TPSA) is 18.5 Å². The smallest absolute Gasteiger partial charge is 0.0447 e. The Bertz CT molecular complexity index is 430. The fourth-order valence-electron chi connectivity index (χ4n) is 3.05. The van der Waals surface area contributed by atoms with Crippen molar-refractivity contribution in [1.82, 2.24) is 10.2 Å². The minimum atomic E-state index is 0.765. The van der Waals surface area contributed by atoms with Gasteiger partial charge in [-0.05, 0) is 56.6 Å². The van der Waals surface area contributed by atoms with Crippen molar-refractivity contribution in [2.24, 2.45) is 0 Å². The Hall–Kier alpha value is -1.06. The maximum atomic E-state index is 3.48. The van der Waals surface area contributed by atoms with Crippen LogP contribution in [0.1, 0.15) is 17.5 Å². The summed E-state index contributed by atoms with van der Waals surface area (Å²) in [6.07, 6.45) is 1.29. The molecule has 0 radical (unpaired) electrons. The molecule has 0 amide bonds. The van der Waals surface area contributed by atoms with Gasteiger partial charge < -0.3 is 10.2 Å². The Morgan fingerprint density at radius 2 is 1.89 bits per heavy atom. The highest BCUT2D eigenvalue weighted by Crippen LogP contribution is 2.25. The Morgan fingerprint density at radius 1 is 1.05 bits per heavy atom. The van der Waals surface area contributed by atoms with Crippen LogP contribution in [-0.4, -0.2) is 50.2 Å². The van der Waals surface area contributed by atoms with E-state index in [-0.39, 0.29) is 0 Å². The van der Waals surface area contributed by atoms with Crippen LogP contribution in [0.15, 0.2) is 18.2 Å². The van der Waals surface area contributed by atoms with Crippen LogP contribution in [0.3, 0.4) is 0 Å². The molecule has 0 aliphatic carbocycles. The molecule has 0 spiro atoms. The van der Waals surface area contributed by atoms with Crippen LogP contribution < -0.4 is 10.2 Å². The van der Waals surface area contributed by atoms with Crippen molar-refractivity contribution in [3.05, 3.63) is 29.3 Å². The molecule has 0 atom stereocenters. The summed E-state index contributed by atoms with van der Waals surface area (Å²) in [6.45, 7) is 11.6. The molecule has 2 heterocycles. The van der Waals surface area contributed by atoms with Gasteiger partial charge in [0.2, 0.25) is 0 Å². The number of nitrogens with zero attached hydrogens (tertiary/aromatic N) is 2. The number of rotatable bonds is 2. The van der Waals surface area contributed by atoms with Crippen LogP contribution in [0.2, 0.25) is 0 Å². The van der Waals surface area contributed by atoms with E-state index in [0.29, 0.717) is 0 Å². The highest BCUT2D eigenvalue weighted by molar-refractivity contribution is 5.53. The summed E-state index contributed by atoms with van der Waals surface area (Å²) in [7, 11) is 0. The zero-order valence-corrected chi connectivity index (χ0v) is 12.2. The lowest BCUT2D eigenvalue weighted by molar-refractivity contribution is 0.177. The van der Waals surface area contributed by atoms with E-state index < -0.39 is 0 Å². The number of anilines is 1. The van der Waals surface area contributed by atoms with E-state index in [1.165, 1.54) is 56.0 Å². The first kappa shape index (κ1) is 12.9. The van der Waals surface area contributed by atoms with Gasteiger partial charge in [0, 0.05) is 37.9 Å². The second-order valence-electron chi connectivity index (χ2n) is 5.97. The van der Waals surface area contributed by atoms with Crippen LogP contribution >= 0.6 is 0 Å². The molecule has 0 saturated carbocycles. The van der Waals surface area contributed by atoms with Crippen molar-refractivity contribution in [1.29, 1.82) is 0 Å². The van der Waals surface area contributed by atoms with Crippen LogP contribution in [-0.2, 0) is 0 Å². The largest absolute Gasteiger partial charge is 0.368 e. The number of aryl methyl sites for hydroxylation is 2. The maximum Gasteiger partial charge on any atom is 0.0447 e. The van der Waals surface area contributed by atoms with Gasteiger partial charge in [0.05, 0.1) is 0 Å². The van der Waals surface area contributed by atoms with Gasteiger partial charge in [-0.2, -0.15) is 0 Å². The number of hydrogen-bond donors (Lipinski definition) is 1.